The summed E-state index contributed by atoms with van der Waals surface area (Å²) in [5.74, 6) is 0.389. The second kappa shape index (κ2) is 10.4. The van der Waals surface area contributed by atoms with Gasteiger partial charge >= 0.3 is 0 Å². The van der Waals surface area contributed by atoms with Crippen LogP contribution in [0.15, 0.2) is 29.2 Å². The van der Waals surface area contributed by atoms with Crippen LogP contribution in [0.1, 0.15) is 51.9 Å². The number of carbonyl (C=O) groups is 1. The van der Waals surface area contributed by atoms with Crippen molar-refractivity contribution in [2.75, 3.05) is 26.3 Å². The molecule has 1 atom stereocenters. The summed E-state index contributed by atoms with van der Waals surface area (Å²) >= 11 is 0. The molecule has 7 nitrogen and oxygen atoms in total. The summed E-state index contributed by atoms with van der Waals surface area (Å²) in [6, 6.07) is 6.28. The van der Waals surface area contributed by atoms with E-state index in [2.05, 4.69) is 4.72 Å². The maximum Gasteiger partial charge on any atom is 0.263 e. The second-order valence-corrected chi connectivity index (χ2v) is 9.55. The fourth-order valence-corrected chi connectivity index (χ4v) is 5.16. The van der Waals surface area contributed by atoms with Crippen molar-refractivity contribution in [1.29, 1.82) is 0 Å². The second-order valence-electron chi connectivity index (χ2n) is 7.83. The molecule has 1 saturated carbocycles. The summed E-state index contributed by atoms with van der Waals surface area (Å²) in [4.78, 5) is 14.4. The van der Waals surface area contributed by atoms with Gasteiger partial charge < -0.3 is 14.4 Å². The van der Waals surface area contributed by atoms with Gasteiger partial charge in [0.15, 0.2) is 6.10 Å². The van der Waals surface area contributed by atoms with Gasteiger partial charge in [-0.1, -0.05) is 32.1 Å². The average Bonchev–Trinajstić information content (AvgIpc) is 2.70. The molecule has 0 bridgehead atoms. The zero-order valence-corrected chi connectivity index (χ0v) is 18.0. The number of nitrogens with zero attached hydrogens (tertiary/aromatic N) is 1. The van der Waals surface area contributed by atoms with Gasteiger partial charge in [-0.3, -0.25) is 4.79 Å². The fourth-order valence-electron chi connectivity index (χ4n) is 3.85. The van der Waals surface area contributed by atoms with E-state index in [-0.39, 0.29) is 16.8 Å². The Labute approximate surface area is 173 Å². The van der Waals surface area contributed by atoms with Crippen molar-refractivity contribution in [2.45, 2.75) is 68.9 Å². The van der Waals surface area contributed by atoms with Crippen molar-refractivity contribution in [2.24, 2.45) is 0 Å². The predicted molar refractivity (Wildman–Crippen MR) is 110 cm³/mol. The van der Waals surface area contributed by atoms with Crippen LogP contribution in [-0.2, 0) is 19.6 Å². The zero-order valence-electron chi connectivity index (χ0n) is 17.1. The summed E-state index contributed by atoms with van der Waals surface area (Å²) in [6.07, 6.45) is 6.86. The number of hydrogen-bond donors (Lipinski definition) is 1. The van der Waals surface area contributed by atoms with Crippen LogP contribution in [0.3, 0.4) is 0 Å². The standard InChI is InChI=1S/C21H32N2O5S/c1-17(21(24)23-13-15-27-16-14-23)28-19-9-11-20(12-10-19)29(25,26)22-18-7-5-3-2-4-6-8-18/h9-12,17-18,22H,2-8,13-16H2,1H3/t17-/m0/s1. The molecule has 1 N–H and O–H groups in total. The van der Waals surface area contributed by atoms with Crippen molar-refractivity contribution in [3.8, 4) is 5.75 Å². The first-order valence-electron chi connectivity index (χ1n) is 10.6. The highest BCUT2D eigenvalue weighted by Gasteiger charge is 2.24. The Bertz CT molecular complexity index is 752. The molecule has 0 aromatic heterocycles. The minimum Gasteiger partial charge on any atom is -0.481 e. The van der Waals surface area contributed by atoms with Gasteiger partial charge in [0, 0.05) is 19.1 Å². The van der Waals surface area contributed by atoms with Gasteiger partial charge in [-0.25, -0.2) is 13.1 Å². The number of amides is 1. The number of morpholine rings is 1. The maximum atomic E-state index is 12.7. The van der Waals surface area contributed by atoms with Crippen molar-refractivity contribution in [3.63, 3.8) is 0 Å². The van der Waals surface area contributed by atoms with Crippen LogP contribution in [0.5, 0.6) is 5.75 Å². The van der Waals surface area contributed by atoms with Crippen LogP contribution < -0.4 is 9.46 Å². The normalized spacial score (nSPS) is 20.5. The Kier molecular flexibility index (Phi) is 7.91. The van der Waals surface area contributed by atoms with Crippen LogP contribution in [0.4, 0.5) is 0 Å². The van der Waals surface area contributed by atoms with E-state index in [1.54, 1.807) is 24.0 Å². The molecule has 1 heterocycles. The molecule has 1 amide bonds. The molecule has 162 valence electrons. The van der Waals surface area contributed by atoms with Crippen molar-refractivity contribution < 1.29 is 22.7 Å². The van der Waals surface area contributed by atoms with Crippen molar-refractivity contribution >= 4 is 15.9 Å². The number of ether oxygens (including phenoxy) is 2. The predicted octanol–water partition coefficient (Wildman–Crippen LogP) is 2.70. The lowest BCUT2D eigenvalue weighted by Crippen LogP contribution is -2.46. The molecule has 0 unspecified atom stereocenters. The van der Waals surface area contributed by atoms with E-state index in [1.807, 2.05) is 0 Å². The third-order valence-corrected chi connectivity index (χ3v) is 7.08. The van der Waals surface area contributed by atoms with Crippen molar-refractivity contribution in [1.82, 2.24) is 9.62 Å². The first-order chi connectivity index (χ1) is 14.0. The van der Waals surface area contributed by atoms with E-state index in [0.717, 1.165) is 25.7 Å². The summed E-state index contributed by atoms with van der Waals surface area (Å²) < 4.78 is 39.3. The highest BCUT2D eigenvalue weighted by Crippen LogP contribution is 2.21. The molecule has 1 saturated heterocycles. The molecule has 1 aromatic carbocycles. The molecular weight excluding hydrogens is 392 g/mol. The minimum absolute atomic E-state index is 0.00222. The van der Waals surface area contributed by atoms with E-state index in [9.17, 15) is 13.2 Å². The number of carbonyl (C=O) groups excluding carboxylic acids is 1. The average molecular weight is 425 g/mol. The highest BCUT2D eigenvalue weighted by molar-refractivity contribution is 7.89. The molecule has 8 heteroatoms. The van der Waals surface area contributed by atoms with E-state index in [4.69, 9.17) is 9.47 Å². The van der Waals surface area contributed by atoms with Gasteiger partial charge in [-0.05, 0) is 44.0 Å². The Morgan fingerprint density at radius 2 is 1.66 bits per heavy atom. The van der Waals surface area contributed by atoms with E-state index >= 15 is 0 Å². The topological polar surface area (TPSA) is 84.9 Å². The highest BCUT2D eigenvalue weighted by atomic mass is 32.2. The number of nitrogens with one attached hydrogen (secondary N) is 1. The fraction of sp³-hybridized carbons (Fsp3) is 0.667. The number of sulfonamides is 1. The molecule has 2 fully saturated rings. The summed E-state index contributed by atoms with van der Waals surface area (Å²) in [5.41, 5.74) is 0. The Hall–Kier alpha value is -1.64. The monoisotopic (exact) mass is 424 g/mol. The summed E-state index contributed by atoms with van der Waals surface area (Å²) in [7, 11) is -3.56. The zero-order chi connectivity index (χ0) is 20.7. The van der Waals surface area contributed by atoms with Crippen LogP contribution in [-0.4, -0.2) is 57.7 Å². The minimum atomic E-state index is -3.56. The van der Waals surface area contributed by atoms with Crippen LogP contribution in [0, 0.1) is 0 Å². The third-order valence-electron chi connectivity index (χ3n) is 5.54. The third kappa shape index (κ3) is 6.42. The number of benzene rings is 1. The first kappa shape index (κ1) is 22.1. The van der Waals surface area contributed by atoms with E-state index < -0.39 is 16.1 Å². The summed E-state index contributed by atoms with van der Waals surface area (Å²) in [6.45, 7) is 3.92. The Morgan fingerprint density at radius 3 is 2.28 bits per heavy atom. The number of rotatable bonds is 6. The molecule has 1 aromatic rings. The Balaban J connectivity index is 1.57. The van der Waals surface area contributed by atoms with Crippen LogP contribution in [0.2, 0.25) is 0 Å². The van der Waals surface area contributed by atoms with E-state index in [1.165, 1.54) is 31.4 Å². The maximum absolute atomic E-state index is 12.7. The van der Waals surface area contributed by atoms with Gasteiger partial charge in [0.1, 0.15) is 5.75 Å². The van der Waals surface area contributed by atoms with Gasteiger partial charge in [-0.15, -0.1) is 0 Å². The lowest BCUT2D eigenvalue weighted by Gasteiger charge is -2.29. The molecule has 1 aliphatic carbocycles. The van der Waals surface area contributed by atoms with Crippen molar-refractivity contribution in [3.05, 3.63) is 24.3 Å². The molecule has 3 rings (SSSR count). The van der Waals surface area contributed by atoms with E-state index in [0.29, 0.717) is 32.1 Å². The molecule has 0 radical (unpaired) electrons. The van der Waals surface area contributed by atoms with Gasteiger partial charge in [0.2, 0.25) is 10.0 Å². The molecular formula is C21H32N2O5S. The molecule has 2 aliphatic rings. The molecule has 0 spiro atoms. The smallest absolute Gasteiger partial charge is 0.263 e. The lowest BCUT2D eigenvalue weighted by atomic mass is 9.97. The Morgan fingerprint density at radius 1 is 1.07 bits per heavy atom. The quantitative estimate of drug-likeness (QED) is 0.759. The van der Waals surface area contributed by atoms with Gasteiger partial charge in [0.25, 0.3) is 5.91 Å². The van der Waals surface area contributed by atoms with Crippen LogP contribution >= 0.6 is 0 Å². The lowest BCUT2D eigenvalue weighted by molar-refractivity contribution is -0.142. The molecule has 1 aliphatic heterocycles. The summed E-state index contributed by atoms with van der Waals surface area (Å²) in [5, 5.41) is 0. The van der Waals surface area contributed by atoms with Gasteiger partial charge in [-0.2, -0.15) is 0 Å². The molecule has 29 heavy (non-hydrogen) atoms. The number of hydrogen-bond acceptors (Lipinski definition) is 5. The van der Waals surface area contributed by atoms with Gasteiger partial charge in [0.05, 0.1) is 18.1 Å². The largest absolute Gasteiger partial charge is 0.481 e. The SMILES string of the molecule is C[C@H](Oc1ccc(S(=O)(=O)NC2CCCCCCC2)cc1)C(=O)N1CCOCC1. The first-order valence-corrected chi connectivity index (χ1v) is 12.1. The van der Waals surface area contributed by atoms with Crippen LogP contribution in [0.25, 0.3) is 0 Å².